The lowest BCUT2D eigenvalue weighted by Crippen LogP contribution is -2.33. The Labute approximate surface area is 92.8 Å². The van der Waals surface area contributed by atoms with Gasteiger partial charge in [-0.15, -0.1) is 0 Å². The van der Waals surface area contributed by atoms with Gasteiger partial charge in [0.1, 0.15) is 0 Å². The molecule has 0 aromatic carbocycles. The number of carbonyl (C=O) groups is 1. The summed E-state index contributed by atoms with van der Waals surface area (Å²) in [6.07, 6.45) is 2.34. The van der Waals surface area contributed by atoms with Crippen LogP contribution in [0.25, 0.3) is 0 Å². The Hall–Kier alpha value is -1.47. The van der Waals surface area contributed by atoms with Gasteiger partial charge in [-0.1, -0.05) is 6.92 Å². The van der Waals surface area contributed by atoms with Gasteiger partial charge in [-0.05, 0) is 24.1 Å². The number of furan rings is 1. The molecule has 1 unspecified atom stereocenters. The quantitative estimate of drug-likeness (QED) is 0.857. The van der Waals surface area contributed by atoms with Crippen molar-refractivity contribution >= 4 is 17.5 Å². The first kappa shape index (κ1) is 11.6. The van der Waals surface area contributed by atoms with Crippen LogP contribution in [-0.2, 0) is 0 Å². The van der Waals surface area contributed by atoms with Gasteiger partial charge in [0.15, 0.2) is 0 Å². The van der Waals surface area contributed by atoms with E-state index in [-0.39, 0.29) is 23.6 Å². The van der Waals surface area contributed by atoms with Crippen molar-refractivity contribution < 1.29 is 9.21 Å². The Kier molecular flexibility index (Phi) is 4.19. The van der Waals surface area contributed by atoms with Gasteiger partial charge >= 0.3 is 0 Å². The zero-order chi connectivity index (χ0) is 11.3. The molecular weight excluding hydrogens is 216 g/mol. The van der Waals surface area contributed by atoms with E-state index in [1.807, 2.05) is 13.0 Å². The standard InChI is InChI=1S/C10H11ClN2O2/c1-2-7(3-5-12)13-10(14)8-4-6-15-9(8)11/h4,6-7H,2-3H2,1H3,(H,13,14). The van der Waals surface area contributed by atoms with Crippen molar-refractivity contribution in [3.05, 3.63) is 23.1 Å². The van der Waals surface area contributed by atoms with Crippen LogP contribution in [0, 0.1) is 11.3 Å². The molecule has 80 valence electrons. The van der Waals surface area contributed by atoms with Crippen molar-refractivity contribution in [3.8, 4) is 6.07 Å². The summed E-state index contributed by atoms with van der Waals surface area (Å²) in [6, 6.07) is 3.36. The largest absolute Gasteiger partial charge is 0.452 e. The number of nitrogens with one attached hydrogen (secondary N) is 1. The lowest BCUT2D eigenvalue weighted by molar-refractivity contribution is 0.0936. The number of amides is 1. The Bertz CT molecular complexity index is 381. The number of nitriles is 1. The maximum Gasteiger partial charge on any atom is 0.256 e. The van der Waals surface area contributed by atoms with E-state index in [4.69, 9.17) is 21.3 Å². The lowest BCUT2D eigenvalue weighted by Gasteiger charge is -2.12. The second-order valence-corrected chi connectivity index (χ2v) is 3.39. The van der Waals surface area contributed by atoms with Crippen LogP contribution in [0.5, 0.6) is 0 Å². The predicted molar refractivity (Wildman–Crippen MR) is 55.5 cm³/mol. The monoisotopic (exact) mass is 226 g/mol. The highest BCUT2D eigenvalue weighted by Gasteiger charge is 2.16. The van der Waals surface area contributed by atoms with Crippen LogP contribution in [0.3, 0.4) is 0 Å². The highest BCUT2D eigenvalue weighted by molar-refractivity contribution is 6.32. The van der Waals surface area contributed by atoms with Gasteiger partial charge in [0.2, 0.25) is 5.22 Å². The molecule has 0 fully saturated rings. The van der Waals surface area contributed by atoms with E-state index in [0.29, 0.717) is 12.0 Å². The molecule has 0 aliphatic rings. The first-order chi connectivity index (χ1) is 7.19. The highest BCUT2D eigenvalue weighted by atomic mass is 35.5. The molecule has 1 atom stereocenters. The fourth-order valence-corrected chi connectivity index (χ4v) is 1.33. The minimum absolute atomic E-state index is 0.0688. The minimum Gasteiger partial charge on any atom is -0.452 e. The zero-order valence-corrected chi connectivity index (χ0v) is 9.04. The van der Waals surface area contributed by atoms with E-state index < -0.39 is 0 Å². The third-order valence-corrected chi connectivity index (χ3v) is 2.32. The molecule has 1 amide bonds. The molecule has 1 rings (SSSR count). The van der Waals surface area contributed by atoms with E-state index in [0.717, 1.165) is 0 Å². The average Bonchev–Trinajstić information content (AvgIpc) is 2.63. The smallest absolute Gasteiger partial charge is 0.256 e. The second kappa shape index (κ2) is 5.42. The van der Waals surface area contributed by atoms with Crippen LogP contribution >= 0.6 is 11.6 Å². The van der Waals surface area contributed by atoms with Crippen LogP contribution in [0.2, 0.25) is 5.22 Å². The number of hydrogen-bond acceptors (Lipinski definition) is 3. The molecule has 0 saturated carbocycles. The Morgan fingerprint density at radius 3 is 3.00 bits per heavy atom. The summed E-state index contributed by atoms with van der Waals surface area (Å²) in [6.45, 7) is 1.90. The van der Waals surface area contributed by atoms with Crippen LogP contribution in [0.15, 0.2) is 16.7 Å². The Morgan fingerprint density at radius 2 is 2.53 bits per heavy atom. The van der Waals surface area contributed by atoms with Crippen molar-refractivity contribution in [2.24, 2.45) is 0 Å². The van der Waals surface area contributed by atoms with E-state index in [1.165, 1.54) is 12.3 Å². The molecule has 4 nitrogen and oxygen atoms in total. The summed E-state index contributed by atoms with van der Waals surface area (Å²) in [7, 11) is 0. The summed E-state index contributed by atoms with van der Waals surface area (Å²) in [4.78, 5) is 11.6. The number of carbonyl (C=O) groups excluding carboxylic acids is 1. The van der Waals surface area contributed by atoms with Gasteiger partial charge in [-0.25, -0.2) is 0 Å². The minimum atomic E-state index is -0.309. The van der Waals surface area contributed by atoms with Crippen molar-refractivity contribution in [2.75, 3.05) is 0 Å². The zero-order valence-electron chi connectivity index (χ0n) is 8.29. The predicted octanol–water partition coefficient (Wildman–Crippen LogP) is 2.36. The topological polar surface area (TPSA) is 66.0 Å². The van der Waals surface area contributed by atoms with Crippen molar-refractivity contribution in [2.45, 2.75) is 25.8 Å². The molecule has 5 heteroatoms. The van der Waals surface area contributed by atoms with Crippen LogP contribution in [0.4, 0.5) is 0 Å². The number of halogens is 1. The first-order valence-electron chi connectivity index (χ1n) is 4.59. The maximum atomic E-state index is 11.6. The molecule has 0 spiro atoms. The number of rotatable bonds is 4. The van der Waals surface area contributed by atoms with Gasteiger partial charge in [0.25, 0.3) is 5.91 Å². The molecule has 0 aliphatic heterocycles. The van der Waals surface area contributed by atoms with E-state index in [1.54, 1.807) is 0 Å². The molecular formula is C10H11ClN2O2. The van der Waals surface area contributed by atoms with E-state index >= 15 is 0 Å². The fraction of sp³-hybridized carbons (Fsp3) is 0.400. The summed E-state index contributed by atoms with van der Waals surface area (Å²) in [5.41, 5.74) is 0.299. The van der Waals surface area contributed by atoms with Gasteiger partial charge in [-0.2, -0.15) is 5.26 Å². The fourth-order valence-electron chi connectivity index (χ4n) is 1.13. The van der Waals surface area contributed by atoms with Crippen molar-refractivity contribution in [1.82, 2.24) is 5.32 Å². The van der Waals surface area contributed by atoms with Gasteiger partial charge in [0.05, 0.1) is 24.3 Å². The average molecular weight is 227 g/mol. The summed E-state index contributed by atoms with van der Waals surface area (Å²) in [5, 5.41) is 11.3. The van der Waals surface area contributed by atoms with Gasteiger partial charge < -0.3 is 9.73 Å². The summed E-state index contributed by atoms with van der Waals surface area (Å²) in [5.74, 6) is -0.309. The van der Waals surface area contributed by atoms with Crippen LogP contribution in [0.1, 0.15) is 30.1 Å². The molecule has 0 saturated heterocycles. The van der Waals surface area contributed by atoms with Crippen LogP contribution < -0.4 is 5.32 Å². The summed E-state index contributed by atoms with van der Waals surface area (Å²) < 4.78 is 4.80. The number of hydrogen-bond donors (Lipinski definition) is 1. The van der Waals surface area contributed by atoms with Crippen molar-refractivity contribution in [3.63, 3.8) is 0 Å². The third kappa shape index (κ3) is 3.00. The molecule has 1 aromatic heterocycles. The normalized spacial score (nSPS) is 11.8. The summed E-state index contributed by atoms with van der Waals surface area (Å²) >= 11 is 5.65. The number of nitrogens with zero attached hydrogens (tertiary/aromatic N) is 1. The van der Waals surface area contributed by atoms with Crippen molar-refractivity contribution in [1.29, 1.82) is 5.26 Å². The molecule has 15 heavy (non-hydrogen) atoms. The van der Waals surface area contributed by atoms with E-state index in [2.05, 4.69) is 5.32 Å². The molecule has 0 radical (unpaired) electrons. The molecule has 1 aromatic rings. The molecule has 0 aliphatic carbocycles. The maximum absolute atomic E-state index is 11.6. The van der Waals surface area contributed by atoms with E-state index in [9.17, 15) is 4.79 Å². The third-order valence-electron chi connectivity index (χ3n) is 2.03. The molecule has 1 N–H and O–H groups in total. The second-order valence-electron chi connectivity index (χ2n) is 3.05. The molecule has 1 heterocycles. The highest BCUT2D eigenvalue weighted by Crippen LogP contribution is 2.16. The first-order valence-corrected chi connectivity index (χ1v) is 4.97. The molecule has 0 bridgehead atoms. The van der Waals surface area contributed by atoms with Crippen LogP contribution in [-0.4, -0.2) is 11.9 Å². The van der Waals surface area contributed by atoms with Gasteiger partial charge in [0, 0.05) is 6.04 Å². The lowest BCUT2D eigenvalue weighted by atomic mass is 10.1. The SMILES string of the molecule is CCC(CC#N)NC(=O)c1ccoc1Cl. The Balaban J connectivity index is 2.63. The Morgan fingerprint density at radius 1 is 1.80 bits per heavy atom. The van der Waals surface area contributed by atoms with Gasteiger partial charge in [-0.3, -0.25) is 4.79 Å².